The minimum atomic E-state index is -0.534. The number of halogens is 2. The molecule has 0 atom stereocenters. The molecule has 3 rings (SSSR count). The van der Waals surface area contributed by atoms with E-state index in [2.05, 4.69) is 16.8 Å². The van der Waals surface area contributed by atoms with E-state index in [1.807, 2.05) is 6.92 Å². The van der Waals surface area contributed by atoms with E-state index in [0.717, 1.165) is 39.0 Å². The molecule has 162 valence electrons. The lowest BCUT2D eigenvalue weighted by atomic mass is 10.1. The Kier molecular flexibility index (Phi) is 7.66. The van der Waals surface area contributed by atoms with Crippen LogP contribution >= 0.6 is 0 Å². The summed E-state index contributed by atoms with van der Waals surface area (Å²) in [7, 11) is 2.08. The predicted octanol–water partition coefficient (Wildman–Crippen LogP) is 2.77. The van der Waals surface area contributed by atoms with Gasteiger partial charge >= 0.3 is 6.09 Å². The van der Waals surface area contributed by atoms with Crippen molar-refractivity contribution >= 4 is 11.8 Å². The molecule has 2 saturated heterocycles. The lowest BCUT2D eigenvalue weighted by Crippen LogP contribution is -2.49. The lowest BCUT2D eigenvalue weighted by molar-refractivity contribution is 0.0989. The van der Waals surface area contributed by atoms with E-state index in [1.54, 1.807) is 9.80 Å². The summed E-state index contributed by atoms with van der Waals surface area (Å²) < 4.78 is 34.7. The van der Waals surface area contributed by atoms with Crippen LogP contribution in [0, 0.1) is 11.6 Å². The Balaban J connectivity index is 1.56. The summed E-state index contributed by atoms with van der Waals surface area (Å²) in [6.45, 7) is 8.29. The van der Waals surface area contributed by atoms with E-state index in [0.29, 0.717) is 44.9 Å². The van der Waals surface area contributed by atoms with Crippen molar-refractivity contribution in [2.45, 2.75) is 26.3 Å². The number of carbonyl (C=O) groups excluding carboxylic acids is 1. The maximum atomic E-state index is 14.8. The maximum absolute atomic E-state index is 14.8. The van der Waals surface area contributed by atoms with Gasteiger partial charge in [0.1, 0.15) is 17.3 Å². The third kappa shape index (κ3) is 5.79. The Morgan fingerprint density at radius 3 is 2.21 bits per heavy atom. The van der Waals surface area contributed by atoms with Crippen LogP contribution in [0.15, 0.2) is 12.1 Å². The van der Waals surface area contributed by atoms with Crippen LogP contribution in [0.25, 0.3) is 0 Å². The smallest absolute Gasteiger partial charge is 0.409 e. The van der Waals surface area contributed by atoms with Crippen LogP contribution in [-0.2, 0) is 11.3 Å². The SMILES string of the molecule is CCCCOC(=O)N1CCN(c2c(F)cc(CN3CCN(C)CC3)cc2F)CC1. The van der Waals surface area contributed by atoms with Crippen molar-refractivity contribution in [2.24, 2.45) is 0 Å². The second-order valence-corrected chi connectivity index (χ2v) is 7.93. The van der Waals surface area contributed by atoms with E-state index in [-0.39, 0.29) is 11.8 Å². The largest absolute Gasteiger partial charge is 0.449 e. The molecular weight excluding hydrogens is 378 g/mol. The van der Waals surface area contributed by atoms with E-state index >= 15 is 0 Å². The summed E-state index contributed by atoms with van der Waals surface area (Å²) in [5.41, 5.74) is 0.664. The third-order valence-electron chi connectivity index (χ3n) is 5.66. The van der Waals surface area contributed by atoms with Crippen LogP contribution < -0.4 is 4.90 Å². The van der Waals surface area contributed by atoms with Gasteiger partial charge in [-0.05, 0) is 31.2 Å². The molecule has 0 radical (unpaired) electrons. The van der Waals surface area contributed by atoms with Gasteiger partial charge in [0.25, 0.3) is 0 Å². The number of amides is 1. The Morgan fingerprint density at radius 2 is 1.62 bits per heavy atom. The van der Waals surface area contributed by atoms with Crippen LogP contribution in [0.2, 0.25) is 0 Å². The van der Waals surface area contributed by atoms with Gasteiger partial charge in [0.15, 0.2) is 0 Å². The molecule has 1 aromatic carbocycles. The van der Waals surface area contributed by atoms with Gasteiger partial charge in [-0.25, -0.2) is 13.6 Å². The zero-order valence-corrected chi connectivity index (χ0v) is 17.5. The first kappa shape index (κ1) is 21.8. The molecule has 2 heterocycles. The number of unbranched alkanes of at least 4 members (excludes halogenated alkanes) is 1. The summed E-state index contributed by atoms with van der Waals surface area (Å²) in [6.07, 6.45) is 1.45. The lowest BCUT2D eigenvalue weighted by Gasteiger charge is -2.36. The quantitative estimate of drug-likeness (QED) is 0.675. The fourth-order valence-corrected chi connectivity index (χ4v) is 3.78. The van der Waals surface area contributed by atoms with Gasteiger partial charge in [-0.3, -0.25) is 4.90 Å². The number of hydrogen-bond donors (Lipinski definition) is 0. The molecule has 1 aromatic rings. The average molecular weight is 411 g/mol. The number of carbonyl (C=O) groups is 1. The normalized spacial score (nSPS) is 18.9. The molecule has 0 saturated carbocycles. The first-order chi connectivity index (χ1) is 14.0. The standard InChI is InChI=1S/C21H32F2N4O2/c1-3-4-13-29-21(28)27-11-9-26(10-12-27)20-18(22)14-17(15-19(20)23)16-25-7-5-24(2)6-8-25/h14-15H,3-13,16H2,1-2H3. The number of ether oxygens (including phenoxy) is 1. The Labute approximate surface area is 172 Å². The van der Waals surface area contributed by atoms with E-state index in [9.17, 15) is 13.6 Å². The van der Waals surface area contributed by atoms with Crippen LogP contribution in [0.1, 0.15) is 25.3 Å². The highest BCUT2D eigenvalue weighted by atomic mass is 19.1. The third-order valence-corrected chi connectivity index (χ3v) is 5.66. The highest BCUT2D eigenvalue weighted by Gasteiger charge is 2.26. The van der Waals surface area contributed by atoms with Crippen molar-refractivity contribution in [3.8, 4) is 0 Å². The Bertz CT molecular complexity index is 664. The van der Waals surface area contributed by atoms with Crippen LogP contribution in [0.3, 0.4) is 0 Å². The topological polar surface area (TPSA) is 39.3 Å². The summed E-state index contributed by atoms with van der Waals surface area (Å²) in [4.78, 5) is 19.8. The monoisotopic (exact) mass is 410 g/mol. The number of likely N-dealkylation sites (N-methyl/N-ethyl adjacent to an activating group) is 1. The zero-order valence-electron chi connectivity index (χ0n) is 17.5. The molecule has 29 heavy (non-hydrogen) atoms. The van der Waals surface area contributed by atoms with Gasteiger partial charge in [0, 0.05) is 58.9 Å². The van der Waals surface area contributed by atoms with Gasteiger partial charge in [-0.1, -0.05) is 13.3 Å². The van der Waals surface area contributed by atoms with Gasteiger partial charge in [0.2, 0.25) is 0 Å². The fourth-order valence-electron chi connectivity index (χ4n) is 3.78. The first-order valence-corrected chi connectivity index (χ1v) is 10.5. The number of piperazine rings is 2. The van der Waals surface area contributed by atoms with Crippen LogP contribution in [0.4, 0.5) is 19.3 Å². The molecule has 0 bridgehead atoms. The zero-order chi connectivity index (χ0) is 20.8. The fraction of sp³-hybridized carbons (Fsp3) is 0.667. The molecule has 0 aliphatic carbocycles. The molecular formula is C21H32F2N4O2. The number of anilines is 1. The summed E-state index contributed by atoms with van der Waals surface area (Å²) in [5, 5.41) is 0. The highest BCUT2D eigenvalue weighted by Crippen LogP contribution is 2.27. The number of rotatable bonds is 6. The van der Waals surface area contributed by atoms with Crippen LogP contribution in [-0.4, -0.2) is 86.8 Å². The number of hydrogen-bond acceptors (Lipinski definition) is 5. The molecule has 0 unspecified atom stereocenters. The Hall–Kier alpha value is -1.93. The number of nitrogens with zero attached hydrogens (tertiary/aromatic N) is 4. The number of benzene rings is 1. The highest BCUT2D eigenvalue weighted by molar-refractivity contribution is 5.68. The van der Waals surface area contributed by atoms with Crippen molar-refractivity contribution in [3.05, 3.63) is 29.3 Å². The van der Waals surface area contributed by atoms with Crippen molar-refractivity contribution in [2.75, 3.05) is 70.9 Å². The van der Waals surface area contributed by atoms with Gasteiger partial charge in [-0.15, -0.1) is 0 Å². The molecule has 0 N–H and O–H groups in total. The summed E-state index contributed by atoms with van der Waals surface area (Å²) in [5.74, 6) is -1.07. The Morgan fingerprint density at radius 1 is 1.00 bits per heavy atom. The molecule has 6 nitrogen and oxygen atoms in total. The van der Waals surface area contributed by atoms with E-state index in [1.165, 1.54) is 12.1 Å². The second-order valence-electron chi connectivity index (χ2n) is 7.93. The van der Waals surface area contributed by atoms with Crippen LogP contribution in [0.5, 0.6) is 0 Å². The van der Waals surface area contributed by atoms with Crippen molar-refractivity contribution < 1.29 is 18.3 Å². The van der Waals surface area contributed by atoms with Crippen molar-refractivity contribution in [1.82, 2.24) is 14.7 Å². The second kappa shape index (κ2) is 10.2. The van der Waals surface area contributed by atoms with E-state index < -0.39 is 11.6 Å². The predicted molar refractivity (Wildman–Crippen MR) is 109 cm³/mol. The molecule has 2 aliphatic heterocycles. The van der Waals surface area contributed by atoms with Gasteiger partial charge < -0.3 is 19.4 Å². The van der Waals surface area contributed by atoms with Gasteiger partial charge in [-0.2, -0.15) is 0 Å². The minimum absolute atomic E-state index is 0.00567. The summed E-state index contributed by atoms with van der Waals surface area (Å²) in [6, 6.07) is 2.89. The molecule has 2 fully saturated rings. The molecule has 8 heteroatoms. The maximum Gasteiger partial charge on any atom is 0.409 e. The van der Waals surface area contributed by atoms with E-state index in [4.69, 9.17) is 4.74 Å². The summed E-state index contributed by atoms with van der Waals surface area (Å²) >= 11 is 0. The first-order valence-electron chi connectivity index (χ1n) is 10.5. The van der Waals surface area contributed by atoms with Crippen molar-refractivity contribution in [1.29, 1.82) is 0 Å². The molecule has 0 aromatic heterocycles. The van der Waals surface area contributed by atoms with Gasteiger partial charge in [0.05, 0.1) is 6.61 Å². The minimum Gasteiger partial charge on any atom is -0.449 e. The van der Waals surface area contributed by atoms with Crippen molar-refractivity contribution in [3.63, 3.8) is 0 Å². The molecule has 0 spiro atoms. The average Bonchev–Trinajstić information content (AvgIpc) is 2.70. The molecule has 1 amide bonds. The molecule has 2 aliphatic rings.